The van der Waals surface area contributed by atoms with Crippen molar-refractivity contribution in [1.29, 1.82) is 5.26 Å². The molecule has 1 fully saturated rings. The summed E-state index contributed by atoms with van der Waals surface area (Å²) in [4.78, 5) is 2.26. The highest BCUT2D eigenvalue weighted by Crippen LogP contribution is 2.24. The van der Waals surface area contributed by atoms with E-state index in [1.807, 2.05) is 12.1 Å². The summed E-state index contributed by atoms with van der Waals surface area (Å²) >= 11 is 3.41. The molecule has 1 atom stereocenters. The molecule has 0 aliphatic carbocycles. The molecule has 0 N–H and O–H groups in total. The predicted octanol–water partition coefficient (Wildman–Crippen LogP) is 2.80. The second-order valence-corrected chi connectivity index (χ2v) is 4.45. The Morgan fingerprint density at radius 3 is 2.64 bits per heavy atom. The molecular weight excluding hydrogens is 240 g/mol. The van der Waals surface area contributed by atoms with Crippen molar-refractivity contribution in [2.45, 2.75) is 6.42 Å². The maximum atomic E-state index is 8.79. The Labute approximate surface area is 92.3 Å². The van der Waals surface area contributed by atoms with Crippen LogP contribution < -0.4 is 4.90 Å². The highest BCUT2D eigenvalue weighted by molar-refractivity contribution is 9.10. The first-order valence-corrected chi connectivity index (χ1v) is 5.49. The standard InChI is InChI=1S/C11H11BrN2/c12-10-1-3-11(4-2-10)14-6-5-9(7-13)8-14/h1-4,9H,5-6,8H2. The van der Waals surface area contributed by atoms with E-state index in [1.165, 1.54) is 5.69 Å². The van der Waals surface area contributed by atoms with E-state index in [1.54, 1.807) is 0 Å². The molecule has 1 heterocycles. The second-order valence-electron chi connectivity index (χ2n) is 3.54. The summed E-state index contributed by atoms with van der Waals surface area (Å²) in [6.07, 6.45) is 0.993. The molecule has 14 heavy (non-hydrogen) atoms. The van der Waals surface area contributed by atoms with Gasteiger partial charge in [-0.2, -0.15) is 5.26 Å². The van der Waals surface area contributed by atoms with Gasteiger partial charge in [-0.05, 0) is 30.7 Å². The molecule has 0 bridgehead atoms. The third-order valence-electron chi connectivity index (χ3n) is 2.56. The van der Waals surface area contributed by atoms with Gasteiger partial charge in [0.15, 0.2) is 0 Å². The summed E-state index contributed by atoms with van der Waals surface area (Å²) in [5.74, 6) is 0.207. The van der Waals surface area contributed by atoms with Crippen LogP contribution in [0, 0.1) is 17.2 Å². The summed E-state index contributed by atoms with van der Waals surface area (Å²) in [6, 6.07) is 10.6. The zero-order chi connectivity index (χ0) is 9.97. The van der Waals surface area contributed by atoms with E-state index in [9.17, 15) is 0 Å². The molecule has 0 radical (unpaired) electrons. The minimum absolute atomic E-state index is 0.207. The van der Waals surface area contributed by atoms with Gasteiger partial charge in [0.05, 0.1) is 12.0 Å². The number of hydrogen-bond donors (Lipinski definition) is 0. The quantitative estimate of drug-likeness (QED) is 0.767. The molecule has 0 saturated carbocycles. The predicted molar refractivity (Wildman–Crippen MR) is 60.1 cm³/mol. The SMILES string of the molecule is N#CC1CCN(c2ccc(Br)cc2)C1. The summed E-state index contributed by atoms with van der Waals surface area (Å²) < 4.78 is 1.09. The van der Waals surface area contributed by atoms with Crippen LogP contribution >= 0.6 is 15.9 Å². The Balaban J connectivity index is 2.10. The van der Waals surface area contributed by atoms with Gasteiger partial charge in [-0.1, -0.05) is 15.9 Å². The van der Waals surface area contributed by atoms with Crippen molar-refractivity contribution in [3.05, 3.63) is 28.7 Å². The van der Waals surface area contributed by atoms with Crippen molar-refractivity contribution in [3.63, 3.8) is 0 Å². The zero-order valence-corrected chi connectivity index (χ0v) is 9.37. The number of anilines is 1. The highest BCUT2D eigenvalue weighted by atomic mass is 79.9. The molecule has 1 aromatic rings. The van der Waals surface area contributed by atoms with E-state index < -0.39 is 0 Å². The van der Waals surface area contributed by atoms with Crippen molar-refractivity contribution in [1.82, 2.24) is 0 Å². The van der Waals surface area contributed by atoms with Crippen LogP contribution in [0.3, 0.4) is 0 Å². The lowest BCUT2D eigenvalue weighted by Crippen LogP contribution is -2.18. The topological polar surface area (TPSA) is 27.0 Å². The molecule has 0 aromatic heterocycles. The first-order chi connectivity index (χ1) is 6.79. The van der Waals surface area contributed by atoms with Gasteiger partial charge < -0.3 is 4.90 Å². The van der Waals surface area contributed by atoms with Crippen LogP contribution in [0.25, 0.3) is 0 Å². The molecular formula is C11H11BrN2. The number of nitrogens with zero attached hydrogens (tertiary/aromatic N) is 2. The van der Waals surface area contributed by atoms with Gasteiger partial charge >= 0.3 is 0 Å². The van der Waals surface area contributed by atoms with Gasteiger partial charge in [0.25, 0.3) is 0 Å². The Morgan fingerprint density at radius 1 is 1.36 bits per heavy atom. The van der Waals surface area contributed by atoms with E-state index in [2.05, 4.69) is 39.0 Å². The Morgan fingerprint density at radius 2 is 2.07 bits per heavy atom. The Kier molecular flexibility index (Phi) is 2.74. The Hall–Kier alpha value is -1.01. The van der Waals surface area contributed by atoms with E-state index >= 15 is 0 Å². The van der Waals surface area contributed by atoms with E-state index in [0.717, 1.165) is 24.0 Å². The number of nitriles is 1. The summed E-state index contributed by atoms with van der Waals surface area (Å²) in [5.41, 5.74) is 1.21. The summed E-state index contributed by atoms with van der Waals surface area (Å²) in [7, 11) is 0. The third kappa shape index (κ3) is 1.91. The van der Waals surface area contributed by atoms with Crippen molar-refractivity contribution >= 4 is 21.6 Å². The van der Waals surface area contributed by atoms with Crippen molar-refractivity contribution < 1.29 is 0 Å². The van der Waals surface area contributed by atoms with Crippen LogP contribution in [0.15, 0.2) is 28.7 Å². The molecule has 1 aromatic carbocycles. The zero-order valence-electron chi connectivity index (χ0n) is 7.78. The van der Waals surface area contributed by atoms with Crippen LogP contribution in [0.2, 0.25) is 0 Å². The van der Waals surface area contributed by atoms with Crippen LogP contribution in [-0.4, -0.2) is 13.1 Å². The van der Waals surface area contributed by atoms with Gasteiger partial charge in [0, 0.05) is 23.2 Å². The van der Waals surface area contributed by atoms with Gasteiger partial charge in [-0.25, -0.2) is 0 Å². The molecule has 3 heteroatoms. The lowest BCUT2D eigenvalue weighted by atomic mass is 10.1. The monoisotopic (exact) mass is 250 g/mol. The summed E-state index contributed by atoms with van der Waals surface area (Å²) in [6.45, 7) is 1.87. The van der Waals surface area contributed by atoms with Crippen molar-refractivity contribution in [3.8, 4) is 6.07 Å². The number of rotatable bonds is 1. The molecule has 1 aliphatic rings. The summed E-state index contributed by atoms with van der Waals surface area (Å²) in [5, 5.41) is 8.79. The van der Waals surface area contributed by atoms with E-state index in [4.69, 9.17) is 5.26 Å². The van der Waals surface area contributed by atoms with Crippen LogP contribution in [0.4, 0.5) is 5.69 Å². The fourth-order valence-corrected chi connectivity index (χ4v) is 2.02. The molecule has 1 aliphatic heterocycles. The fourth-order valence-electron chi connectivity index (χ4n) is 1.75. The van der Waals surface area contributed by atoms with Crippen molar-refractivity contribution in [2.24, 2.45) is 5.92 Å². The molecule has 2 nitrogen and oxygen atoms in total. The largest absolute Gasteiger partial charge is 0.370 e. The number of hydrogen-bond acceptors (Lipinski definition) is 2. The average molecular weight is 251 g/mol. The normalized spacial score (nSPS) is 20.9. The average Bonchev–Trinajstić information content (AvgIpc) is 2.67. The third-order valence-corrected chi connectivity index (χ3v) is 3.09. The maximum Gasteiger partial charge on any atom is 0.0675 e. The van der Waals surface area contributed by atoms with Gasteiger partial charge in [-0.3, -0.25) is 0 Å². The smallest absolute Gasteiger partial charge is 0.0675 e. The maximum absolute atomic E-state index is 8.79. The van der Waals surface area contributed by atoms with Crippen LogP contribution in [-0.2, 0) is 0 Å². The van der Waals surface area contributed by atoms with Crippen LogP contribution in [0.5, 0.6) is 0 Å². The molecule has 0 spiro atoms. The van der Waals surface area contributed by atoms with E-state index in [-0.39, 0.29) is 5.92 Å². The molecule has 2 rings (SSSR count). The van der Waals surface area contributed by atoms with Crippen LogP contribution in [0.1, 0.15) is 6.42 Å². The minimum atomic E-state index is 0.207. The first-order valence-electron chi connectivity index (χ1n) is 4.70. The lowest BCUT2D eigenvalue weighted by molar-refractivity contribution is 0.755. The first kappa shape index (κ1) is 9.54. The molecule has 1 saturated heterocycles. The van der Waals surface area contributed by atoms with Gasteiger partial charge in [0.2, 0.25) is 0 Å². The number of benzene rings is 1. The van der Waals surface area contributed by atoms with Crippen molar-refractivity contribution in [2.75, 3.05) is 18.0 Å². The molecule has 72 valence electrons. The van der Waals surface area contributed by atoms with Gasteiger partial charge in [0.1, 0.15) is 0 Å². The second kappa shape index (κ2) is 4.02. The molecule has 1 unspecified atom stereocenters. The fraction of sp³-hybridized carbons (Fsp3) is 0.364. The minimum Gasteiger partial charge on any atom is -0.370 e. The number of halogens is 1. The lowest BCUT2D eigenvalue weighted by Gasteiger charge is -2.17. The highest BCUT2D eigenvalue weighted by Gasteiger charge is 2.21. The van der Waals surface area contributed by atoms with E-state index in [0.29, 0.717) is 0 Å². The molecule has 0 amide bonds. The van der Waals surface area contributed by atoms with Gasteiger partial charge in [-0.15, -0.1) is 0 Å². The Bertz CT molecular complexity index is 353.